The second-order valence-corrected chi connectivity index (χ2v) is 3.36. The zero-order valence-corrected chi connectivity index (χ0v) is 9.22. The molecule has 82 valence electrons. The van der Waals surface area contributed by atoms with Gasteiger partial charge in [0.1, 0.15) is 6.61 Å². The average molecular weight is 209 g/mol. The first-order valence-corrected chi connectivity index (χ1v) is 4.89. The highest BCUT2D eigenvalue weighted by molar-refractivity contribution is 5.96. The first-order valence-electron chi connectivity index (χ1n) is 4.89. The summed E-state index contributed by atoms with van der Waals surface area (Å²) >= 11 is 0. The summed E-state index contributed by atoms with van der Waals surface area (Å²) in [5, 5.41) is 0. The fourth-order valence-electron chi connectivity index (χ4n) is 1.52. The van der Waals surface area contributed by atoms with Crippen molar-refractivity contribution in [1.29, 1.82) is 0 Å². The molecule has 0 unspecified atom stereocenters. The number of hydrogen-bond donors (Lipinski definition) is 1. The van der Waals surface area contributed by atoms with E-state index in [1.807, 2.05) is 6.92 Å². The SMILES string of the molecule is CCc1c[nH]c(COC(C)=O)c1C(C)=O. The molecule has 0 aliphatic rings. The summed E-state index contributed by atoms with van der Waals surface area (Å²) in [6.07, 6.45) is 2.57. The maximum Gasteiger partial charge on any atom is 0.303 e. The number of aromatic nitrogens is 1. The van der Waals surface area contributed by atoms with Gasteiger partial charge in [-0.1, -0.05) is 6.92 Å². The Morgan fingerprint density at radius 2 is 2.07 bits per heavy atom. The minimum Gasteiger partial charge on any atom is -0.459 e. The molecule has 0 aromatic carbocycles. The first-order chi connectivity index (χ1) is 7.06. The molecule has 0 saturated carbocycles. The molecule has 0 aliphatic heterocycles. The summed E-state index contributed by atoms with van der Waals surface area (Å²) in [7, 11) is 0. The van der Waals surface area contributed by atoms with E-state index in [1.54, 1.807) is 6.20 Å². The highest BCUT2D eigenvalue weighted by atomic mass is 16.5. The van der Waals surface area contributed by atoms with Crippen molar-refractivity contribution in [2.24, 2.45) is 0 Å². The van der Waals surface area contributed by atoms with Crippen LogP contribution in [0, 0.1) is 0 Å². The number of ether oxygens (including phenoxy) is 1. The zero-order chi connectivity index (χ0) is 11.4. The molecule has 0 fully saturated rings. The van der Waals surface area contributed by atoms with Crippen molar-refractivity contribution in [2.75, 3.05) is 0 Å². The summed E-state index contributed by atoms with van der Waals surface area (Å²) in [5.41, 5.74) is 2.29. The number of hydrogen-bond acceptors (Lipinski definition) is 3. The van der Waals surface area contributed by atoms with Crippen LogP contribution in [0.2, 0.25) is 0 Å². The van der Waals surface area contributed by atoms with Gasteiger partial charge in [-0.25, -0.2) is 0 Å². The van der Waals surface area contributed by atoms with Gasteiger partial charge in [0.15, 0.2) is 5.78 Å². The minimum atomic E-state index is -0.350. The number of rotatable bonds is 4. The number of esters is 1. The highest BCUT2D eigenvalue weighted by Gasteiger charge is 2.14. The van der Waals surface area contributed by atoms with Crippen molar-refractivity contribution in [3.8, 4) is 0 Å². The molecule has 15 heavy (non-hydrogen) atoms. The van der Waals surface area contributed by atoms with Crippen molar-refractivity contribution in [3.63, 3.8) is 0 Å². The van der Waals surface area contributed by atoms with E-state index >= 15 is 0 Å². The van der Waals surface area contributed by atoms with E-state index in [2.05, 4.69) is 4.98 Å². The Bertz CT molecular complexity index is 379. The Morgan fingerprint density at radius 3 is 2.53 bits per heavy atom. The van der Waals surface area contributed by atoms with E-state index in [-0.39, 0.29) is 18.4 Å². The van der Waals surface area contributed by atoms with Crippen LogP contribution in [0.4, 0.5) is 0 Å². The van der Waals surface area contributed by atoms with Crippen molar-refractivity contribution >= 4 is 11.8 Å². The van der Waals surface area contributed by atoms with Gasteiger partial charge in [-0.3, -0.25) is 9.59 Å². The van der Waals surface area contributed by atoms with Gasteiger partial charge in [-0.15, -0.1) is 0 Å². The maximum absolute atomic E-state index is 11.4. The number of aryl methyl sites for hydroxylation is 1. The van der Waals surface area contributed by atoms with E-state index in [1.165, 1.54) is 13.8 Å². The fourth-order valence-corrected chi connectivity index (χ4v) is 1.52. The minimum absolute atomic E-state index is 0.00440. The quantitative estimate of drug-likeness (QED) is 0.608. The van der Waals surface area contributed by atoms with Crippen LogP contribution in [-0.4, -0.2) is 16.7 Å². The Morgan fingerprint density at radius 1 is 1.40 bits per heavy atom. The topological polar surface area (TPSA) is 59.2 Å². The van der Waals surface area contributed by atoms with Crippen molar-refractivity contribution in [3.05, 3.63) is 23.0 Å². The number of nitrogens with one attached hydrogen (secondary N) is 1. The fraction of sp³-hybridized carbons (Fsp3) is 0.455. The van der Waals surface area contributed by atoms with Gasteiger partial charge in [0.2, 0.25) is 0 Å². The third-order valence-corrected chi connectivity index (χ3v) is 2.20. The van der Waals surface area contributed by atoms with Gasteiger partial charge in [0, 0.05) is 18.7 Å². The average Bonchev–Trinajstić information content (AvgIpc) is 2.57. The number of aromatic amines is 1. The number of Topliss-reactive ketones (excluding diaryl/α,β-unsaturated/α-hetero) is 1. The molecular weight excluding hydrogens is 194 g/mol. The van der Waals surface area contributed by atoms with Crippen molar-refractivity contribution < 1.29 is 14.3 Å². The molecule has 1 N–H and O–H groups in total. The zero-order valence-electron chi connectivity index (χ0n) is 9.22. The lowest BCUT2D eigenvalue weighted by molar-refractivity contribution is -0.142. The molecule has 0 atom stereocenters. The molecular formula is C11H15NO3. The lowest BCUT2D eigenvalue weighted by Crippen LogP contribution is -2.05. The number of carbonyl (C=O) groups is 2. The molecule has 1 rings (SSSR count). The molecule has 1 aromatic rings. The van der Waals surface area contributed by atoms with E-state index in [0.717, 1.165) is 12.0 Å². The Hall–Kier alpha value is -1.58. The molecule has 0 bridgehead atoms. The third kappa shape index (κ3) is 2.68. The summed E-state index contributed by atoms with van der Waals surface area (Å²) < 4.78 is 4.85. The Labute approximate surface area is 88.6 Å². The highest BCUT2D eigenvalue weighted by Crippen LogP contribution is 2.16. The largest absolute Gasteiger partial charge is 0.459 e. The van der Waals surface area contributed by atoms with Crippen LogP contribution < -0.4 is 0 Å². The first kappa shape index (κ1) is 11.5. The van der Waals surface area contributed by atoms with Crippen LogP contribution in [0.5, 0.6) is 0 Å². The number of carbonyl (C=O) groups excluding carboxylic acids is 2. The van der Waals surface area contributed by atoms with Crippen LogP contribution >= 0.6 is 0 Å². The molecule has 0 aliphatic carbocycles. The van der Waals surface area contributed by atoms with Crippen LogP contribution in [0.3, 0.4) is 0 Å². The standard InChI is InChI=1S/C11H15NO3/c1-4-9-5-12-10(6-15-8(3)14)11(9)7(2)13/h5,12H,4,6H2,1-3H3. The number of H-pyrrole nitrogens is 1. The monoisotopic (exact) mass is 209 g/mol. The van der Waals surface area contributed by atoms with Crippen molar-refractivity contribution in [1.82, 2.24) is 4.98 Å². The predicted octanol–water partition coefficient (Wildman–Crippen LogP) is 1.84. The van der Waals surface area contributed by atoms with Crippen molar-refractivity contribution in [2.45, 2.75) is 33.8 Å². The molecule has 0 spiro atoms. The van der Waals surface area contributed by atoms with Crippen LogP contribution in [0.25, 0.3) is 0 Å². The third-order valence-electron chi connectivity index (χ3n) is 2.20. The molecule has 0 saturated heterocycles. The van der Waals surface area contributed by atoms with E-state index in [0.29, 0.717) is 11.3 Å². The van der Waals surface area contributed by atoms with Gasteiger partial charge in [-0.2, -0.15) is 0 Å². The van der Waals surface area contributed by atoms with E-state index in [4.69, 9.17) is 4.74 Å². The molecule has 0 amide bonds. The van der Waals surface area contributed by atoms with Gasteiger partial charge in [0.25, 0.3) is 0 Å². The van der Waals surface area contributed by atoms with Gasteiger partial charge in [-0.05, 0) is 18.9 Å². The molecule has 4 heteroatoms. The summed E-state index contributed by atoms with van der Waals surface area (Å²) in [4.78, 5) is 25.0. The second kappa shape index (κ2) is 4.77. The smallest absolute Gasteiger partial charge is 0.303 e. The maximum atomic E-state index is 11.4. The van der Waals surface area contributed by atoms with Gasteiger partial charge >= 0.3 is 5.97 Å². The van der Waals surface area contributed by atoms with E-state index in [9.17, 15) is 9.59 Å². The molecule has 1 aromatic heterocycles. The van der Waals surface area contributed by atoms with Crippen LogP contribution in [0.1, 0.15) is 42.4 Å². The second-order valence-electron chi connectivity index (χ2n) is 3.36. The molecule has 4 nitrogen and oxygen atoms in total. The molecule has 1 heterocycles. The number of ketones is 1. The summed E-state index contributed by atoms with van der Waals surface area (Å²) in [6, 6.07) is 0. The Kier molecular flexibility index (Phi) is 3.66. The lowest BCUT2D eigenvalue weighted by atomic mass is 10.1. The normalized spacial score (nSPS) is 10.1. The van der Waals surface area contributed by atoms with Crippen LogP contribution in [0.15, 0.2) is 6.20 Å². The predicted molar refractivity (Wildman–Crippen MR) is 55.6 cm³/mol. The molecule has 0 radical (unpaired) electrons. The summed E-state index contributed by atoms with van der Waals surface area (Å²) in [6.45, 7) is 4.96. The lowest BCUT2D eigenvalue weighted by Gasteiger charge is -2.03. The Balaban J connectivity index is 2.92. The van der Waals surface area contributed by atoms with Crippen LogP contribution in [-0.2, 0) is 22.6 Å². The summed E-state index contributed by atoms with van der Waals surface area (Å²) in [5.74, 6) is -0.354. The van der Waals surface area contributed by atoms with Gasteiger partial charge in [0.05, 0.1) is 5.69 Å². The van der Waals surface area contributed by atoms with Gasteiger partial charge < -0.3 is 9.72 Å². The van der Waals surface area contributed by atoms with E-state index < -0.39 is 0 Å².